The summed E-state index contributed by atoms with van der Waals surface area (Å²) in [5, 5.41) is 6.21. The Hall–Kier alpha value is -0.860. The normalized spacial score (nSPS) is 9.71. The zero-order valence-corrected chi connectivity index (χ0v) is 12.0. The molecule has 0 saturated heterocycles. The van der Waals surface area contributed by atoms with E-state index in [4.69, 9.17) is 5.73 Å². The fourth-order valence-electron chi connectivity index (χ4n) is 0.850. The molecule has 0 radical (unpaired) electrons. The minimum atomic E-state index is -4.33. The maximum atomic E-state index is 10.3. The van der Waals surface area contributed by atoms with E-state index in [1.807, 2.05) is 6.07 Å². The molecule has 86 valence electrons. The topological polar surface area (TPSA) is 112 Å². The molecule has 0 aliphatic carbocycles. The SMILES string of the molecule is Nc1ccc(S(=O)(=O)[O-])cc1.[Na+].c1cn[nH]c1. The number of aromatic amines is 1. The van der Waals surface area contributed by atoms with E-state index in [9.17, 15) is 13.0 Å². The quantitative estimate of drug-likeness (QED) is 0.338. The summed E-state index contributed by atoms with van der Waals surface area (Å²) in [7, 11) is -4.33. The Bertz CT molecular complexity index is 494. The van der Waals surface area contributed by atoms with Crippen molar-refractivity contribution in [2.75, 3.05) is 5.73 Å². The average Bonchev–Trinajstić information content (AvgIpc) is 2.74. The molecule has 0 aliphatic rings. The van der Waals surface area contributed by atoms with Gasteiger partial charge in [-0.25, -0.2) is 8.42 Å². The summed E-state index contributed by atoms with van der Waals surface area (Å²) in [5.74, 6) is 0. The third kappa shape index (κ3) is 6.44. The van der Waals surface area contributed by atoms with Gasteiger partial charge in [0.25, 0.3) is 0 Å². The zero-order chi connectivity index (χ0) is 12.0. The molecule has 1 aromatic carbocycles. The number of nitrogens with two attached hydrogens (primary N) is 1. The van der Waals surface area contributed by atoms with Gasteiger partial charge in [0.1, 0.15) is 10.1 Å². The third-order valence-corrected chi connectivity index (χ3v) is 2.42. The predicted octanol–water partition coefficient (Wildman–Crippen LogP) is -2.41. The average molecular weight is 263 g/mol. The number of rotatable bonds is 1. The third-order valence-electron chi connectivity index (χ3n) is 1.57. The van der Waals surface area contributed by atoms with E-state index in [1.165, 1.54) is 24.3 Å². The molecule has 1 heterocycles. The first-order valence-corrected chi connectivity index (χ1v) is 5.66. The van der Waals surface area contributed by atoms with Crippen LogP contribution in [-0.2, 0) is 10.1 Å². The van der Waals surface area contributed by atoms with Crippen LogP contribution in [0.1, 0.15) is 0 Å². The molecular formula is C9H10N3NaO3S. The second-order valence-electron chi connectivity index (χ2n) is 2.79. The fraction of sp³-hybridized carbons (Fsp3) is 0. The van der Waals surface area contributed by atoms with Crippen molar-refractivity contribution in [1.82, 2.24) is 10.2 Å². The molecule has 0 amide bonds. The number of H-pyrrole nitrogens is 1. The van der Waals surface area contributed by atoms with Gasteiger partial charge in [-0.1, -0.05) is 0 Å². The number of nitrogens with one attached hydrogen (secondary N) is 1. The molecule has 17 heavy (non-hydrogen) atoms. The zero-order valence-electron chi connectivity index (χ0n) is 9.20. The van der Waals surface area contributed by atoms with Crippen molar-refractivity contribution in [2.24, 2.45) is 0 Å². The molecule has 0 unspecified atom stereocenters. The first kappa shape index (κ1) is 16.1. The van der Waals surface area contributed by atoms with E-state index >= 15 is 0 Å². The van der Waals surface area contributed by atoms with E-state index in [0.717, 1.165) is 0 Å². The number of benzene rings is 1. The Morgan fingerprint density at radius 3 is 2.12 bits per heavy atom. The fourth-order valence-corrected chi connectivity index (χ4v) is 1.32. The van der Waals surface area contributed by atoms with Crippen LogP contribution in [0.25, 0.3) is 0 Å². The van der Waals surface area contributed by atoms with Crippen molar-refractivity contribution in [1.29, 1.82) is 0 Å². The Morgan fingerprint density at radius 1 is 1.24 bits per heavy atom. The second kappa shape index (κ2) is 7.46. The van der Waals surface area contributed by atoms with E-state index in [1.54, 1.807) is 12.4 Å². The van der Waals surface area contributed by atoms with E-state index in [-0.39, 0.29) is 34.5 Å². The Morgan fingerprint density at radius 2 is 1.82 bits per heavy atom. The minimum Gasteiger partial charge on any atom is -0.744 e. The summed E-state index contributed by atoms with van der Waals surface area (Å²) in [6.45, 7) is 0. The van der Waals surface area contributed by atoms with Crippen molar-refractivity contribution in [3.8, 4) is 0 Å². The van der Waals surface area contributed by atoms with Gasteiger partial charge in [-0.2, -0.15) is 5.10 Å². The maximum absolute atomic E-state index is 10.3. The number of anilines is 1. The van der Waals surface area contributed by atoms with Gasteiger partial charge in [0.2, 0.25) is 0 Å². The van der Waals surface area contributed by atoms with Gasteiger partial charge in [-0.15, -0.1) is 0 Å². The van der Waals surface area contributed by atoms with Crippen LogP contribution in [0, 0.1) is 0 Å². The first-order chi connectivity index (χ1) is 7.50. The number of aromatic nitrogens is 2. The van der Waals surface area contributed by atoms with Crippen LogP contribution in [0.5, 0.6) is 0 Å². The maximum Gasteiger partial charge on any atom is 1.00 e. The summed E-state index contributed by atoms with van der Waals surface area (Å²) in [5.41, 5.74) is 5.70. The van der Waals surface area contributed by atoms with Gasteiger partial charge in [-0.05, 0) is 30.3 Å². The van der Waals surface area contributed by atoms with Crippen LogP contribution in [0.4, 0.5) is 5.69 Å². The number of nitrogens with zero attached hydrogens (tertiary/aromatic N) is 1. The monoisotopic (exact) mass is 263 g/mol. The molecule has 6 nitrogen and oxygen atoms in total. The molecule has 1 aromatic heterocycles. The smallest absolute Gasteiger partial charge is 0.744 e. The molecule has 0 atom stereocenters. The van der Waals surface area contributed by atoms with E-state index in [0.29, 0.717) is 5.69 Å². The second-order valence-corrected chi connectivity index (χ2v) is 4.17. The van der Waals surface area contributed by atoms with Gasteiger partial charge in [0.15, 0.2) is 0 Å². The van der Waals surface area contributed by atoms with Crippen molar-refractivity contribution < 1.29 is 42.5 Å². The minimum absolute atomic E-state index is 0. The Balaban J connectivity index is 0.000000360. The molecule has 8 heteroatoms. The molecular weight excluding hydrogens is 253 g/mol. The molecule has 3 N–H and O–H groups in total. The summed E-state index contributed by atoms with van der Waals surface area (Å²) in [4.78, 5) is -0.258. The predicted molar refractivity (Wildman–Crippen MR) is 57.4 cm³/mol. The summed E-state index contributed by atoms with van der Waals surface area (Å²) in [6, 6.07) is 6.92. The number of hydrogen-bond donors (Lipinski definition) is 2. The molecule has 0 aliphatic heterocycles. The standard InChI is InChI=1S/C6H7NO3S.C3H4N2.Na/c7-5-1-3-6(4-2-5)11(8,9)10;1-2-4-5-3-1;/h1-4H,7H2,(H,8,9,10);1-3H,(H,4,5);/q;;+1/p-1. The van der Waals surface area contributed by atoms with Crippen LogP contribution in [0.3, 0.4) is 0 Å². The number of hydrogen-bond acceptors (Lipinski definition) is 5. The molecule has 0 saturated carbocycles. The van der Waals surface area contributed by atoms with Gasteiger partial charge in [0.05, 0.1) is 4.90 Å². The molecule has 0 spiro atoms. The largest absolute Gasteiger partial charge is 1.00 e. The Labute approximate surface area is 121 Å². The summed E-state index contributed by atoms with van der Waals surface area (Å²) in [6.07, 6.45) is 3.46. The molecule has 2 aromatic rings. The Kier molecular flexibility index (Phi) is 7.09. The summed E-state index contributed by atoms with van der Waals surface area (Å²) >= 11 is 0. The van der Waals surface area contributed by atoms with Crippen molar-refractivity contribution >= 4 is 15.8 Å². The first-order valence-electron chi connectivity index (χ1n) is 4.25. The van der Waals surface area contributed by atoms with Crippen LogP contribution in [0.2, 0.25) is 0 Å². The van der Waals surface area contributed by atoms with Gasteiger partial charge in [0, 0.05) is 18.1 Å². The molecule has 2 rings (SSSR count). The van der Waals surface area contributed by atoms with Crippen molar-refractivity contribution in [2.45, 2.75) is 4.90 Å². The van der Waals surface area contributed by atoms with Gasteiger partial charge < -0.3 is 10.3 Å². The van der Waals surface area contributed by atoms with Gasteiger partial charge in [-0.3, -0.25) is 5.10 Å². The summed E-state index contributed by atoms with van der Waals surface area (Å²) < 4.78 is 31.0. The van der Waals surface area contributed by atoms with Crippen molar-refractivity contribution in [3.63, 3.8) is 0 Å². The van der Waals surface area contributed by atoms with Crippen molar-refractivity contribution in [3.05, 3.63) is 42.7 Å². The molecule has 0 fully saturated rings. The van der Waals surface area contributed by atoms with E-state index in [2.05, 4.69) is 10.2 Å². The molecule has 0 bridgehead atoms. The number of nitrogen functional groups attached to an aromatic ring is 1. The van der Waals surface area contributed by atoms with Crippen LogP contribution < -0.4 is 35.3 Å². The van der Waals surface area contributed by atoms with Crippen LogP contribution >= 0.6 is 0 Å². The van der Waals surface area contributed by atoms with Crippen LogP contribution in [0.15, 0.2) is 47.6 Å². The van der Waals surface area contributed by atoms with Crippen LogP contribution in [-0.4, -0.2) is 23.2 Å². The van der Waals surface area contributed by atoms with Gasteiger partial charge >= 0.3 is 29.6 Å². The van der Waals surface area contributed by atoms with E-state index < -0.39 is 10.1 Å².